The zero-order valence-corrected chi connectivity index (χ0v) is 18.7. The van der Waals surface area contributed by atoms with Gasteiger partial charge in [0.25, 0.3) is 0 Å². The number of phenols is 1. The average Bonchev–Trinajstić information content (AvgIpc) is 2.75. The van der Waals surface area contributed by atoms with E-state index in [9.17, 15) is 29.4 Å². The number of phenolic OH excluding ortho intramolecular Hbond substituents is 1. The number of carbonyl (C=O) groups is 4. The number of nitrogens with one attached hydrogen (secondary N) is 3. The van der Waals surface area contributed by atoms with Crippen LogP contribution in [0, 0.1) is 0 Å². The Morgan fingerprint density at radius 1 is 1.03 bits per heavy atom. The molecule has 0 fully saturated rings. The number of aliphatic carboxylic acids is 1. The van der Waals surface area contributed by atoms with Crippen molar-refractivity contribution in [3.63, 3.8) is 0 Å². The second kappa shape index (κ2) is 13.8. The van der Waals surface area contributed by atoms with Gasteiger partial charge in [-0.15, -0.1) is 0 Å². The lowest BCUT2D eigenvalue weighted by atomic mass is 10.0. The molecule has 1 aromatic rings. The molecular formula is C19H28N4O6S2. The average molecular weight is 473 g/mol. The van der Waals surface area contributed by atoms with Crippen LogP contribution in [-0.2, 0) is 25.6 Å². The molecule has 0 saturated carbocycles. The summed E-state index contributed by atoms with van der Waals surface area (Å²) in [5.41, 5.74) is 5.98. The van der Waals surface area contributed by atoms with Crippen molar-refractivity contribution in [2.24, 2.45) is 5.73 Å². The summed E-state index contributed by atoms with van der Waals surface area (Å²) in [5.74, 6) is -2.57. The zero-order valence-electron chi connectivity index (χ0n) is 17.0. The Labute approximate surface area is 190 Å². The monoisotopic (exact) mass is 472 g/mol. The molecule has 3 atom stereocenters. The largest absolute Gasteiger partial charge is 0.508 e. The SMILES string of the molecule is CSCCC(NC(=O)C(CS)NC(=O)C(Cc1ccc(O)cc1)NC(=O)CN)C(=O)O. The lowest BCUT2D eigenvalue weighted by Gasteiger charge is -2.23. The van der Waals surface area contributed by atoms with Gasteiger partial charge in [0.1, 0.15) is 23.9 Å². The molecule has 3 amide bonds. The Hall–Kier alpha value is -2.44. The number of hydrogen-bond acceptors (Lipinski definition) is 8. The van der Waals surface area contributed by atoms with Gasteiger partial charge in [-0.2, -0.15) is 24.4 Å². The number of amides is 3. The summed E-state index contributed by atoms with van der Waals surface area (Å²) in [6.45, 7) is -0.328. The van der Waals surface area contributed by atoms with Crippen molar-refractivity contribution >= 4 is 48.1 Å². The standard InChI is InChI=1S/C19H28N4O6S2/c1-31-7-6-13(19(28)29)22-18(27)15(10-30)23-17(26)14(21-16(25)9-20)8-11-2-4-12(24)5-3-11/h2-5,13-15,24,30H,6-10,20H2,1H3,(H,21,25)(H,22,27)(H,23,26)(H,28,29). The lowest BCUT2D eigenvalue weighted by Crippen LogP contribution is -2.57. The number of hydrogen-bond donors (Lipinski definition) is 7. The van der Waals surface area contributed by atoms with Crippen LogP contribution in [0.2, 0.25) is 0 Å². The van der Waals surface area contributed by atoms with E-state index < -0.39 is 41.8 Å². The van der Waals surface area contributed by atoms with Gasteiger partial charge in [0.2, 0.25) is 17.7 Å². The highest BCUT2D eigenvalue weighted by atomic mass is 32.2. The zero-order chi connectivity index (χ0) is 23.4. The summed E-state index contributed by atoms with van der Waals surface area (Å²) >= 11 is 5.53. The van der Waals surface area contributed by atoms with Crippen LogP contribution in [0.4, 0.5) is 0 Å². The molecular weight excluding hydrogens is 444 g/mol. The first-order valence-corrected chi connectivity index (χ1v) is 11.4. The van der Waals surface area contributed by atoms with Gasteiger partial charge in [0, 0.05) is 12.2 Å². The molecule has 172 valence electrons. The highest BCUT2D eigenvalue weighted by Gasteiger charge is 2.28. The molecule has 0 radical (unpaired) electrons. The van der Waals surface area contributed by atoms with Gasteiger partial charge in [0.05, 0.1) is 6.54 Å². The molecule has 31 heavy (non-hydrogen) atoms. The number of nitrogens with two attached hydrogens (primary N) is 1. The lowest BCUT2D eigenvalue weighted by molar-refractivity contribution is -0.142. The third-order valence-electron chi connectivity index (χ3n) is 4.25. The third-order valence-corrected chi connectivity index (χ3v) is 5.26. The van der Waals surface area contributed by atoms with Crippen molar-refractivity contribution < 1.29 is 29.4 Å². The minimum atomic E-state index is -1.17. The Kier molecular flexibility index (Phi) is 11.8. The maximum absolute atomic E-state index is 12.8. The smallest absolute Gasteiger partial charge is 0.326 e. The first-order valence-electron chi connectivity index (χ1n) is 9.42. The van der Waals surface area contributed by atoms with E-state index in [1.807, 2.05) is 6.26 Å². The number of carboxylic acid groups (broad SMARTS) is 1. The molecule has 7 N–H and O–H groups in total. The van der Waals surface area contributed by atoms with Crippen LogP contribution in [0.5, 0.6) is 5.75 Å². The molecule has 0 aliphatic carbocycles. The number of carboxylic acids is 1. The number of thioether (sulfide) groups is 1. The minimum absolute atomic E-state index is 0.0528. The van der Waals surface area contributed by atoms with E-state index in [4.69, 9.17) is 5.73 Å². The third kappa shape index (κ3) is 9.49. The molecule has 3 unspecified atom stereocenters. The molecule has 1 aromatic carbocycles. The number of aromatic hydroxyl groups is 1. The number of rotatable bonds is 13. The number of carbonyl (C=O) groups excluding carboxylic acids is 3. The molecule has 0 aliphatic rings. The van der Waals surface area contributed by atoms with Crippen molar-refractivity contribution in [3.8, 4) is 5.75 Å². The molecule has 12 heteroatoms. The minimum Gasteiger partial charge on any atom is -0.508 e. The highest BCUT2D eigenvalue weighted by molar-refractivity contribution is 7.98. The fourth-order valence-corrected chi connectivity index (χ4v) is 3.29. The van der Waals surface area contributed by atoms with Crippen LogP contribution in [0.1, 0.15) is 12.0 Å². The molecule has 0 saturated heterocycles. The van der Waals surface area contributed by atoms with E-state index >= 15 is 0 Å². The van der Waals surface area contributed by atoms with Crippen molar-refractivity contribution in [3.05, 3.63) is 29.8 Å². The second-order valence-electron chi connectivity index (χ2n) is 6.62. The van der Waals surface area contributed by atoms with Crippen molar-refractivity contribution in [2.75, 3.05) is 24.3 Å². The summed E-state index contributed by atoms with van der Waals surface area (Å²) in [4.78, 5) is 48.4. The van der Waals surface area contributed by atoms with Crippen LogP contribution >= 0.6 is 24.4 Å². The fraction of sp³-hybridized carbons (Fsp3) is 0.474. The summed E-state index contributed by atoms with van der Waals surface area (Å²) < 4.78 is 0. The Balaban J connectivity index is 2.88. The van der Waals surface area contributed by atoms with Gasteiger partial charge in [-0.1, -0.05) is 12.1 Å². The molecule has 0 aliphatic heterocycles. The van der Waals surface area contributed by atoms with Crippen molar-refractivity contribution in [1.82, 2.24) is 16.0 Å². The van der Waals surface area contributed by atoms with E-state index in [1.165, 1.54) is 23.9 Å². The van der Waals surface area contributed by atoms with Gasteiger partial charge in [0.15, 0.2) is 0 Å². The van der Waals surface area contributed by atoms with Crippen LogP contribution < -0.4 is 21.7 Å². The second-order valence-corrected chi connectivity index (χ2v) is 7.97. The van der Waals surface area contributed by atoms with Crippen LogP contribution in [-0.4, -0.2) is 76.3 Å². The van der Waals surface area contributed by atoms with E-state index in [-0.39, 0.29) is 30.9 Å². The van der Waals surface area contributed by atoms with Crippen LogP contribution in [0.15, 0.2) is 24.3 Å². The molecule has 10 nitrogen and oxygen atoms in total. The Bertz CT molecular complexity index is 762. The van der Waals surface area contributed by atoms with Gasteiger partial charge < -0.3 is 31.9 Å². The topological polar surface area (TPSA) is 171 Å². The maximum atomic E-state index is 12.8. The summed E-state index contributed by atoms with van der Waals surface area (Å²) in [7, 11) is 0. The normalized spacial score (nSPS) is 13.5. The van der Waals surface area contributed by atoms with E-state index in [1.54, 1.807) is 12.1 Å². The predicted octanol–water partition coefficient (Wildman–Crippen LogP) is -0.885. The molecule has 1 rings (SSSR count). The molecule has 0 spiro atoms. The van der Waals surface area contributed by atoms with Crippen LogP contribution in [0.3, 0.4) is 0 Å². The maximum Gasteiger partial charge on any atom is 0.326 e. The Morgan fingerprint density at radius 3 is 2.13 bits per heavy atom. The van der Waals surface area contributed by atoms with E-state index in [0.717, 1.165) is 0 Å². The fourth-order valence-electron chi connectivity index (χ4n) is 2.56. The van der Waals surface area contributed by atoms with Crippen molar-refractivity contribution in [2.45, 2.75) is 31.0 Å². The van der Waals surface area contributed by atoms with E-state index in [0.29, 0.717) is 11.3 Å². The van der Waals surface area contributed by atoms with Gasteiger partial charge >= 0.3 is 5.97 Å². The van der Waals surface area contributed by atoms with Gasteiger partial charge in [-0.3, -0.25) is 14.4 Å². The van der Waals surface area contributed by atoms with Crippen LogP contribution in [0.25, 0.3) is 0 Å². The number of thiol groups is 1. The summed E-state index contributed by atoms with van der Waals surface area (Å²) in [5, 5.41) is 26.1. The molecule has 0 aromatic heterocycles. The van der Waals surface area contributed by atoms with E-state index in [2.05, 4.69) is 28.6 Å². The first kappa shape index (κ1) is 26.6. The first-order chi connectivity index (χ1) is 14.7. The highest BCUT2D eigenvalue weighted by Crippen LogP contribution is 2.12. The quantitative estimate of drug-likeness (QED) is 0.181. The summed E-state index contributed by atoms with van der Waals surface area (Å²) in [6, 6.07) is 2.83. The van der Waals surface area contributed by atoms with Crippen molar-refractivity contribution in [1.29, 1.82) is 0 Å². The number of benzene rings is 1. The molecule has 0 heterocycles. The van der Waals surface area contributed by atoms with Gasteiger partial charge in [-0.25, -0.2) is 4.79 Å². The van der Waals surface area contributed by atoms with Gasteiger partial charge in [-0.05, 0) is 36.1 Å². The molecule has 0 bridgehead atoms. The summed E-state index contributed by atoms with van der Waals surface area (Å²) in [6.07, 6.45) is 2.14. The predicted molar refractivity (Wildman–Crippen MR) is 121 cm³/mol. The Morgan fingerprint density at radius 2 is 1.61 bits per heavy atom.